The van der Waals surface area contributed by atoms with Gasteiger partial charge in [0.15, 0.2) is 5.78 Å². The number of para-hydroxylation sites is 1. The number of ketones is 1. The highest BCUT2D eigenvalue weighted by Gasteiger charge is 2.43. The summed E-state index contributed by atoms with van der Waals surface area (Å²) in [6.07, 6.45) is 13.8. The van der Waals surface area contributed by atoms with E-state index in [2.05, 4.69) is 30.3 Å². The van der Waals surface area contributed by atoms with Crippen LogP contribution in [0.5, 0.6) is 5.75 Å². The average molecular weight is 637 g/mol. The summed E-state index contributed by atoms with van der Waals surface area (Å²) in [5.74, 6) is 0.850. The van der Waals surface area contributed by atoms with Crippen molar-refractivity contribution in [1.82, 2.24) is 4.57 Å². The van der Waals surface area contributed by atoms with Gasteiger partial charge in [-0.25, -0.2) is 0 Å². The maximum absolute atomic E-state index is 14.2. The number of ether oxygens (including phenoxy) is 1. The van der Waals surface area contributed by atoms with E-state index in [0.29, 0.717) is 49.4 Å². The smallest absolute Gasteiger partial charge is 0.274 e. The fourth-order valence-corrected chi connectivity index (χ4v) is 8.84. The van der Waals surface area contributed by atoms with E-state index < -0.39 is 6.10 Å². The number of anilines is 1. The van der Waals surface area contributed by atoms with Crippen LogP contribution in [-0.2, 0) is 11.2 Å². The lowest BCUT2D eigenvalue weighted by molar-refractivity contribution is -0.117. The maximum Gasteiger partial charge on any atom is 0.274 e. The SMILES string of the molecule is O=C(C[C@@H](Cc1ccccc1)[C@H](O)CC[C@H]1CC2(CCCC2)Oc2ccccc21)c1cc(N2CCCC2=O)c(=O)n(C2CCCC2)c1. The number of Topliss-reactive ketones (excluding diaryl/α,β-unsaturated/α-hetero) is 1. The van der Waals surface area contributed by atoms with Gasteiger partial charge < -0.3 is 19.3 Å². The van der Waals surface area contributed by atoms with Crippen LogP contribution in [-0.4, -0.2) is 39.6 Å². The molecule has 248 valence electrons. The van der Waals surface area contributed by atoms with Crippen molar-refractivity contribution < 1.29 is 19.4 Å². The fraction of sp³-hybridized carbons (Fsp3) is 0.525. The van der Waals surface area contributed by atoms with E-state index in [0.717, 1.165) is 62.7 Å². The summed E-state index contributed by atoms with van der Waals surface area (Å²) in [7, 11) is 0. The second-order valence-corrected chi connectivity index (χ2v) is 14.6. The number of fused-ring (bicyclic) bond motifs is 1. The number of aromatic nitrogens is 1. The minimum absolute atomic E-state index is 0.0444. The molecule has 7 rings (SSSR count). The Hall–Kier alpha value is -3.71. The number of rotatable bonds is 11. The number of carbonyl (C=O) groups excluding carboxylic acids is 2. The standard InChI is InChI=1S/C40H48N2O5/c43-35(19-18-29-26-40(20-8-9-21-40)47-37-16-7-6-15-33(29)37)30(23-28-11-2-1-3-12-28)25-36(44)31-24-34(41-22-10-17-38(41)45)39(46)42(27-31)32-13-4-5-14-32/h1-3,6-7,11-12,15-16,24,27,29-30,32,35,43H,4-5,8-10,13-14,17-23,25-26H2/t29-,30+,35+/m0/s1. The molecule has 2 aliphatic carbocycles. The number of benzene rings is 2. The zero-order valence-corrected chi connectivity index (χ0v) is 27.4. The number of amides is 1. The number of pyridine rings is 1. The molecule has 2 aliphatic heterocycles. The highest BCUT2D eigenvalue weighted by molar-refractivity contribution is 5.99. The molecule has 4 aliphatic rings. The van der Waals surface area contributed by atoms with Gasteiger partial charge in [-0.15, -0.1) is 0 Å². The average Bonchev–Trinajstić information content (AvgIpc) is 3.87. The Bertz CT molecular complexity index is 1640. The van der Waals surface area contributed by atoms with Gasteiger partial charge in [-0.05, 0) is 106 Å². The summed E-state index contributed by atoms with van der Waals surface area (Å²) >= 11 is 0. The van der Waals surface area contributed by atoms with E-state index >= 15 is 0 Å². The van der Waals surface area contributed by atoms with Crippen LogP contribution in [0.25, 0.3) is 0 Å². The van der Waals surface area contributed by atoms with E-state index in [9.17, 15) is 19.5 Å². The molecule has 3 atom stereocenters. The Kier molecular flexibility index (Phi) is 9.35. The zero-order chi connectivity index (χ0) is 32.4. The number of nitrogens with zero attached hydrogens (tertiary/aromatic N) is 2. The van der Waals surface area contributed by atoms with Crippen LogP contribution in [0.2, 0.25) is 0 Å². The van der Waals surface area contributed by atoms with Gasteiger partial charge >= 0.3 is 0 Å². The molecule has 1 aromatic heterocycles. The molecule has 1 spiro atoms. The fourth-order valence-electron chi connectivity index (χ4n) is 8.84. The van der Waals surface area contributed by atoms with Crippen LogP contribution in [0.4, 0.5) is 5.69 Å². The van der Waals surface area contributed by atoms with Crippen molar-refractivity contribution in [2.45, 2.75) is 120 Å². The first-order valence-corrected chi connectivity index (χ1v) is 18.0. The summed E-state index contributed by atoms with van der Waals surface area (Å²) in [6.45, 7) is 0.502. The lowest BCUT2D eigenvalue weighted by Gasteiger charge is -2.40. The third-order valence-corrected chi connectivity index (χ3v) is 11.4. The van der Waals surface area contributed by atoms with Crippen molar-refractivity contribution in [3.05, 3.63) is 93.9 Å². The number of hydrogen-bond acceptors (Lipinski definition) is 5. The van der Waals surface area contributed by atoms with Gasteiger partial charge in [0.25, 0.3) is 5.56 Å². The molecule has 3 heterocycles. The summed E-state index contributed by atoms with van der Waals surface area (Å²) in [6, 6.07) is 20.1. The number of hydrogen-bond donors (Lipinski definition) is 1. The molecule has 7 nitrogen and oxygen atoms in total. The van der Waals surface area contributed by atoms with Crippen molar-refractivity contribution >= 4 is 17.4 Å². The minimum atomic E-state index is -0.672. The van der Waals surface area contributed by atoms with E-state index in [-0.39, 0.29) is 41.2 Å². The Labute approximate surface area is 277 Å². The van der Waals surface area contributed by atoms with Crippen LogP contribution >= 0.6 is 0 Å². The van der Waals surface area contributed by atoms with E-state index in [4.69, 9.17) is 4.74 Å². The second kappa shape index (κ2) is 13.8. The van der Waals surface area contributed by atoms with Crippen molar-refractivity contribution in [2.75, 3.05) is 11.4 Å². The molecule has 1 N–H and O–H groups in total. The van der Waals surface area contributed by atoms with Gasteiger partial charge in [0, 0.05) is 37.2 Å². The first kappa shape index (κ1) is 31.9. The predicted molar refractivity (Wildman–Crippen MR) is 183 cm³/mol. The maximum atomic E-state index is 14.2. The third kappa shape index (κ3) is 6.83. The normalized spacial score (nSPS) is 21.9. The first-order chi connectivity index (χ1) is 22.9. The highest BCUT2D eigenvalue weighted by atomic mass is 16.5. The Balaban J connectivity index is 1.14. The van der Waals surface area contributed by atoms with Crippen LogP contribution in [0.15, 0.2) is 71.7 Å². The van der Waals surface area contributed by atoms with Gasteiger partial charge in [-0.2, -0.15) is 0 Å². The second-order valence-electron chi connectivity index (χ2n) is 14.6. The molecule has 0 unspecified atom stereocenters. The Morgan fingerprint density at radius 2 is 1.70 bits per heavy atom. The van der Waals surface area contributed by atoms with E-state index in [1.807, 2.05) is 24.3 Å². The van der Waals surface area contributed by atoms with Crippen LogP contribution in [0, 0.1) is 5.92 Å². The molecular formula is C40H48N2O5. The van der Waals surface area contributed by atoms with Crippen molar-refractivity contribution in [3.63, 3.8) is 0 Å². The molecule has 0 radical (unpaired) electrons. The largest absolute Gasteiger partial charge is 0.487 e. The predicted octanol–water partition coefficient (Wildman–Crippen LogP) is 7.54. The van der Waals surface area contributed by atoms with Gasteiger partial charge in [-0.3, -0.25) is 14.4 Å². The van der Waals surface area contributed by atoms with Gasteiger partial charge in [0.2, 0.25) is 5.91 Å². The highest BCUT2D eigenvalue weighted by Crippen LogP contribution is 2.49. The summed E-state index contributed by atoms with van der Waals surface area (Å²) < 4.78 is 8.33. The molecule has 3 fully saturated rings. The zero-order valence-electron chi connectivity index (χ0n) is 27.4. The summed E-state index contributed by atoms with van der Waals surface area (Å²) in [5.41, 5.74) is 2.82. The van der Waals surface area contributed by atoms with E-state index in [1.165, 1.54) is 18.4 Å². The Morgan fingerprint density at radius 1 is 0.957 bits per heavy atom. The molecular weight excluding hydrogens is 588 g/mol. The Morgan fingerprint density at radius 3 is 2.45 bits per heavy atom. The van der Waals surface area contributed by atoms with Crippen LogP contribution in [0.1, 0.15) is 123 Å². The number of aliphatic hydroxyl groups is 1. The van der Waals surface area contributed by atoms with Crippen molar-refractivity contribution in [1.29, 1.82) is 0 Å². The molecule has 2 aromatic carbocycles. The van der Waals surface area contributed by atoms with Crippen LogP contribution in [0.3, 0.4) is 0 Å². The molecule has 3 aromatic rings. The molecule has 7 heteroatoms. The lowest BCUT2D eigenvalue weighted by Crippen LogP contribution is -2.38. The summed E-state index contributed by atoms with van der Waals surface area (Å²) in [4.78, 5) is 42.1. The molecule has 1 saturated heterocycles. The van der Waals surface area contributed by atoms with Gasteiger partial charge in [0.1, 0.15) is 17.0 Å². The van der Waals surface area contributed by atoms with Gasteiger partial charge in [0.05, 0.1) is 6.10 Å². The quantitative estimate of drug-likeness (QED) is 0.220. The molecule has 0 bridgehead atoms. The lowest BCUT2D eigenvalue weighted by atomic mass is 9.77. The summed E-state index contributed by atoms with van der Waals surface area (Å²) in [5, 5.41) is 11.8. The van der Waals surface area contributed by atoms with E-state index in [1.54, 1.807) is 21.7 Å². The monoisotopic (exact) mass is 636 g/mol. The van der Waals surface area contributed by atoms with Crippen molar-refractivity contribution in [3.8, 4) is 5.75 Å². The number of aliphatic hydroxyl groups excluding tert-OH is 1. The molecule has 47 heavy (non-hydrogen) atoms. The third-order valence-electron chi connectivity index (χ3n) is 11.4. The van der Waals surface area contributed by atoms with Crippen LogP contribution < -0.4 is 15.2 Å². The number of carbonyl (C=O) groups is 2. The topological polar surface area (TPSA) is 88.8 Å². The van der Waals surface area contributed by atoms with Crippen molar-refractivity contribution in [2.24, 2.45) is 5.92 Å². The first-order valence-electron chi connectivity index (χ1n) is 18.0. The molecule has 1 amide bonds. The molecule has 2 saturated carbocycles. The van der Waals surface area contributed by atoms with Gasteiger partial charge in [-0.1, -0.05) is 61.4 Å². The minimum Gasteiger partial charge on any atom is -0.487 e.